The molecule has 0 fully saturated rings. The smallest absolute Gasteiger partial charge is 0.319 e. The van der Waals surface area contributed by atoms with E-state index in [-0.39, 0.29) is 21.9 Å². The third kappa shape index (κ3) is 17.2. The molecule has 0 amide bonds. The number of carboxylic acid groups (broad SMARTS) is 1. The van der Waals surface area contributed by atoms with E-state index in [0.717, 1.165) is 63.9 Å². The normalized spacial score (nSPS) is 14.4. The molecule has 9 heteroatoms. The number of carbonyl (C=O) groups is 2. The van der Waals surface area contributed by atoms with Crippen LogP contribution in [0.4, 0.5) is 0 Å². The molecule has 0 saturated heterocycles. The van der Waals surface area contributed by atoms with Gasteiger partial charge in [-0.05, 0) is 72.9 Å². The van der Waals surface area contributed by atoms with Crippen molar-refractivity contribution in [3.8, 4) is 0 Å². The fourth-order valence-electron chi connectivity index (χ4n) is 4.37. The van der Waals surface area contributed by atoms with Gasteiger partial charge >= 0.3 is 11.9 Å². The molecule has 2 atom stereocenters. The van der Waals surface area contributed by atoms with Gasteiger partial charge in [0, 0.05) is 30.0 Å². The number of carbonyl (C=O) groups excluding carboxylic acids is 1. The summed E-state index contributed by atoms with van der Waals surface area (Å²) in [5, 5.41) is 19.0. The molecule has 0 spiro atoms. The molecule has 0 heterocycles. The minimum absolute atomic E-state index is 0.193. The van der Waals surface area contributed by atoms with Gasteiger partial charge < -0.3 is 25.6 Å². The number of hydrogen-bond donors (Lipinski definition) is 3. The van der Waals surface area contributed by atoms with Crippen molar-refractivity contribution in [2.45, 2.75) is 135 Å². The Hall–Kier alpha value is -0.480. The molecule has 0 aliphatic heterocycles. The van der Waals surface area contributed by atoms with E-state index in [1.54, 1.807) is 23.5 Å². The van der Waals surface area contributed by atoms with Crippen molar-refractivity contribution in [1.82, 2.24) is 4.90 Å². The van der Waals surface area contributed by atoms with Gasteiger partial charge in [0.2, 0.25) is 0 Å². The third-order valence-electron chi connectivity index (χ3n) is 7.70. The van der Waals surface area contributed by atoms with E-state index < -0.39 is 17.2 Å². The van der Waals surface area contributed by atoms with Crippen LogP contribution in [0.15, 0.2) is 0 Å². The molecule has 0 radical (unpaired) electrons. The van der Waals surface area contributed by atoms with Gasteiger partial charge in [-0.1, -0.05) is 53.4 Å². The summed E-state index contributed by atoms with van der Waals surface area (Å²) in [5.41, 5.74) is 4.08. The van der Waals surface area contributed by atoms with Crippen LogP contribution in [0, 0.1) is 5.41 Å². The van der Waals surface area contributed by atoms with Crippen LogP contribution in [0.1, 0.15) is 113 Å². The van der Waals surface area contributed by atoms with E-state index in [0.29, 0.717) is 31.6 Å². The summed E-state index contributed by atoms with van der Waals surface area (Å²) in [6, 6.07) is 0. The van der Waals surface area contributed by atoms with Gasteiger partial charge in [0.1, 0.15) is 16.1 Å². The zero-order valence-corrected chi connectivity index (χ0v) is 27.9. The maximum Gasteiger partial charge on any atom is 0.319 e. The summed E-state index contributed by atoms with van der Waals surface area (Å²) < 4.78 is 6.13. The second kappa shape index (κ2) is 19.6. The Kier molecular flexibility index (Phi) is 19.4. The Morgan fingerprint density at radius 3 is 1.95 bits per heavy atom. The molecule has 0 bridgehead atoms. The van der Waals surface area contributed by atoms with Crippen LogP contribution in [0.3, 0.4) is 0 Å². The number of aliphatic carboxylic acids is 1. The lowest BCUT2D eigenvalue weighted by atomic mass is 9.73. The molecule has 2 unspecified atom stereocenters. The van der Waals surface area contributed by atoms with Gasteiger partial charge in [0.25, 0.3) is 0 Å². The first-order valence-electron chi connectivity index (χ1n) is 14.9. The number of nitrogens with two attached hydrogens (primary N) is 1. The average Bonchev–Trinajstić information content (AvgIpc) is 2.82. The Morgan fingerprint density at radius 2 is 1.44 bits per heavy atom. The Balaban J connectivity index is 4.83. The van der Waals surface area contributed by atoms with Crippen LogP contribution in [-0.2, 0) is 14.3 Å². The lowest BCUT2D eigenvalue weighted by Gasteiger charge is -2.42. The number of ether oxygens (including phenoxy) is 1. The van der Waals surface area contributed by atoms with Gasteiger partial charge in [-0.3, -0.25) is 9.59 Å². The summed E-state index contributed by atoms with van der Waals surface area (Å²) in [6.45, 7) is 19.6. The molecule has 0 aliphatic carbocycles. The maximum atomic E-state index is 13.2. The van der Waals surface area contributed by atoms with Crippen LogP contribution in [0.2, 0.25) is 0 Å². The summed E-state index contributed by atoms with van der Waals surface area (Å²) in [5.74, 6) is 0.616. The number of thioether (sulfide) groups is 2. The summed E-state index contributed by atoms with van der Waals surface area (Å²) in [6.07, 6.45) is 7.44. The standard InChI is InChI=1S/C30H60N2O5S2/c1-9-20-32(10-2)21-23-39-24(26(33)34)15-11-13-17-28(3,4)30(7,8)37-27(35)25(38-22-19-31)16-12-14-18-29(5,6)36/h24-25,36H,9-23,31H2,1-8H3,(H,33,34). The summed E-state index contributed by atoms with van der Waals surface area (Å²) >= 11 is 3.11. The lowest BCUT2D eigenvalue weighted by molar-refractivity contribution is -0.168. The van der Waals surface area contributed by atoms with Crippen LogP contribution in [0.25, 0.3) is 0 Å². The molecule has 0 aliphatic rings. The second-order valence-electron chi connectivity index (χ2n) is 12.4. The molecule has 0 rings (SSSR count). The number of carboxylic acids is 1. The number of rotatable bonds is 24. The SMILES string of the molecule is CCCN(CC)CCSC(CCCCC(C)(C)C(C)(C)OC(=O)C(CCCCC(C)(C)O)SCCN)C(=O)O. The van der Waals surface area contributed by atoms with Crippen molar-refractivity contribution in [3.05, 3.63) is 0 Å². The fourth-order valence-corrected chi connectivity index (χ4v) is 6.43. The summed E-state index contributed by atoms with van der Waals surface area (Å²) in [4.78, 5) is 27.4. The van der Waals surface area contributed by atoms with Crippen molar-refractivity contribution in [2.75, 3.05) is 37.7 Å². The highest BCUT2D eigenvalue weighted by Crippen LogP contribution is 2.40. The quantitative estimate of drug-likeness (QED) is 0.0890. The first-order chi connectivity index (χ1) is 18.1. The van der Waals surface area contributed by atoms with Crippen LogP contribution in [0.5, 0.6) is 0 Å². The zero-order valence-electron chi connectivity index (χ0n) is 26.2. The number of unbranched alkanes of at least 4 members (excludes halogenated alkanes) is 2. The van der Waals surface area contributed by atoms with Gasteiger partial charge in [-0.2, -0.15) is 0 Å². The van der Waals surface area contributed by atoms with E-state index >= 15 is 0 Å². The predicted molar refractivity (Wildman–Crippen MR) is 169 cm³/mol. The van der Waals surface area contributed by atoms with E-state index in [1.165, 1.54) is 0 Å². The minimum atomic E-state index is -0.726. The van der Waals surface area contributed by atoms with Crippen molar-refractivity contribution in [3.63, 3.8) is 0 Å². The van der Waals surface area contributed by atoms with E-state index in [1.807, 2.05) is 27.7 Å². The van der Waals surface area contributed by atoms with Crippen LogP contribution < -0.4 is 5.73 Å². The molecule has 0 aromatic rings. The molecular formula is C30H60N2O5S2. The number of aliphatic hydroxyl groups is 1. The maximum absolute atomic E-state index is 13.2. The van der Waals surface area contributed by atoms with Crippen LogP contribution in [-0.4, -0.2) is 86.4 Å². The number of nitrogens with zero attached hydrogens (tertiary/aromatic N) is 1. The van der Waals surface area contributed by atoms with Gasteiger partial charge in [0.05, 0.1) is 5.60 Å². The van der Waals surface area contributed by atoms with Gasteiger partial charge in [-0.25, -0.2) is 0 Å². The largest absolute Gasteiger partial charge is 0.480 e. The molecule has 7 nitrogen and oxygen atoms in total. The van der Waals surface area contributed by atoms with Gasteiger partial charge in [-0.15, -0.1) is 23.5 Å². The zero-order chi connectivity index (χ0) is 30.1. The highest BCUT2D eigenvalue weighted by atomic mass is 32.2. The first kappa shape index (κ1) is 38.5. The topological polar surface area (TPSA) is 113 Å². The van der Waals surface area contributed by atoms with Crippen molar-refractivity contribution in [2.24, 2.45) is 11.1 Å². The predicted octanol–water partition coefficient (Wildman–Crippen LogP) is 6.20. The average molecular weight is 593 g/mol. The van der Waals surface area contributed by atoms with E-state index in [9.17, 15) is 19.8 Å². The number of esters is 1. The lowest BCUT2D eigenvalue weighted by Crippen LogP contribution is -2.45. The van der Waals surface area contributed by atoms with Gasteiger partial charge in [0.15, 0.2) is 0 Å². The Bertz CT molecular complexity index is 683. The van der Waals surface area contributed by atoms with Crippen molar-refractivity contribution in [1.29, 1.82) is 0 Å². The van der Waals surface area contributed by atoms with Crippen LogP contribution >= 0.6 is 23.5 Å². The molecule has 232 valence electrons. The molecule has 0 aromatic carbocycles. The molecule has 0 saturated carbocycles. The molecule has 4 N–H and O–H groups in total. The number of hydrogen-bond acceptors (Lipinski definition) is 8. The highest BCUT2D eigenvalue weighted by Gasteiger charge is 2.41. The Labute approximate surface area is 248 Å². The Morgan fingerprint density at radius 1 is 0.872 bits per heavy atom. The highest BCUT2D eigenvalue weighted by molar-refractivity contribution is 8.00. The monoisotopic (exact) mass is 592 g/mol. The van der Waals surface area contributed by atoms with Crippen molar-refractivity contribution >= 4 is 35.5 Å². The summed E-state index contributed by atoms with van der Waals surface area (Å²) in [7, 11) is 0. The van der Waals surface area contributed by atoms with E-state index in [4.69, 9.17) is 10.5 Å². The molecule has 39 heavy (non-hydrogen) atoms. The van der Waals surface area contributed by atoms with Crippen molar-refractivity contribution < 1.29 is 24.5 Å². The first-order valence-corrected chi connectivity index (χ1v) is 17.0. The van der Waals surface area contributed by atoms with E-state index in [2.05, 4.69) is 32.6 Å². The molecular weight excluding hydrogens is 532 g/mol. The minimum Gasteiger partial charge on any atom is -0.480 e. The molecule has 0 aromatic heterocycles. The third-order valence-corrected chi connectivity index (χ3v) is 10.3. The second-order valence-corrected chi connectivity index (χ2v) is 15.0. The fraction of sp³-hybridized carbons (Fsp3) is 0.933.